The summed E-state index contributed by atoms with van der Waals surface area (Å²) in [6, 6.07) is 8.42. The molecule has 0 bridgehead atoms. The molecular weight excluding hydrogens is 266 g/mol. The quantitative estimate of drug-likeness (QED) is 0.722. The Balaban J connectivity index is 2.32. The van der Waals surface area contributed by atoms with E-state index < -0.39 is 0 Å². The molecule has 5 nitrogen and oxygen atoms in total. The number of nitrogens with one attached hydrogen (secondary N) is 2. The third-order valence-corrected chi connectivity index (χ3v) is 3.19. The normalized spacial score (nSPS) is 11.0. The molecule has 5 heteroatoms. The summed E-state index contributed by atoms with van der Waals surface area (Å²) in [5, 5.41) is 5.19. The lowest BCUT2D eigenvalue weighted by Crippen LogP contribution is -2.40. The summed E-state index contributed by atoms with van der Waals surface area (Å²) in [5.74, 6) is -0.536. The van der Waals surface area contributed by atoms with Crippen molar-refractivity contribution in [2.24, 2.45) is 5.73 Å². The molecule has 116 valence electrons. The molecular formula is C16H25N3O2. The van der Waals surface area contributed by atoms with E-state index >= 15 is 0 Å². The summed E-state index contributed by atoms with van der Waals surface area (Å²) in [7, 11) is 0. The van der Waals surface area contributed by atoms with Gasteiger partial charge < -0.3 is 16.4 Å². The summed E-state index contributed by atoms with van der Waals surface area (Å²) in [6.45, 7) is 6.95. The maximum atomic E-state index is 11.5. The van der Waals surface area contributed by atoms with Gasteiger partial charge in [-0.3, -0.25) is 9.59 Å². The molecule has 0 aliphatic rings. The molecule has 0 fully saturated rings. The highest BCUT2D eigenvalue weighted by Crippen LogP contribution is 2.22. The van der Waals surface area contributed by atoms with Crippen LogP contribution in [-0.4, -0.2) is 31.4 Å². The van der Waals surface area contributed by atoms with Crippen LogP contribution in [0.3, 0.4) is 0 Å². The van der Waals surface area contributed by atoms with Crippen LogP contribution >= 0.6 is 0 Å². The molecule has 2 amide bonds. The summed E-state index contributed by atoms with van der Waals surface area (Å²) in [4.78, 5) is 22.4. The van der Waals surface area contributed by atoms with Crippen LogP contribution in [0.2, 0.25) is 0 Å². The first kappa shape index (κ1) is 17.2. The van der Waals surface area contributed by atoms with Crippen LogP contribution in [0.1, 0.15) is 31.9 Å². The van der Waals surface area contributed by atoms with E-state index in [-0.39, 0.29) is 30.3 Å². The van der Waals surface area contributed by atoms with Gasteiger partial charge in [0.25, 0.3) is 0 Å². The van der Waals surface area contributed by atoms with E-state index in [9.17, 15) is 9.59 Å². The van der Waals surface area contributed by atoms with Gasteiger partial charge in [-0.05, 0) is 23.0 Å². The average molecular weight is 291 g/mol. The highest BCUT2D eigenvalue weighted by atomic mass is 16.2. The predicted octanol–water partition coefficient (Wildman–Crippen LogP) is 0.718. The largest absolute Gasteiger partial charge is 0.354 e. The van der Waals surface area contributed by atoms with Gasteiger partial charge in [0.1, 0.15) is 0 Å². The van der Waals surface area contributed by atoms with Crippen molar-refractivity contribution in [3.63, 3.8) is 0 Å². The average Bonchev–Trinajstić information content (AvgIpc) is 2.44. The third-order valence-electron chi connectivity index (χ3n) is 3.19. The maximum absolute atomic E-state index is 11.5. The van der Waals surface area contributed by atoms with Gasteiger partial charge >= 0.3 is 0 Å². The Labute approximate surface area is 126 Å². The van der Waals surface area contributed by atoms with Crippen molar-refractivity contribution in [3.8, 4) is 0 Å². The molecule has 0 aliphatic heterocycles. The van der Waals surface area contributed by atoms with Crippen LogP contribution in [0.15, 0.2) is 24.3 Å². The Hall–Kier alpha value is -1.88. The van der Waals surface area contributed by atoms with Crippen molar-refractivity contribution < 1.29 is 9.59 Å². The van der Waals surface area contributed by atoms with Gasteiger partial charge in [0.2, 0.25) is 11.8 Å². The molecule has 0 unspecified atom stereocenters. The lowest BCUT2D eigenvalue weighted by atomic mass is 9.86. The molecule has 1 rings (SSSR count). The molecule has 1 aromatic carbocycles. The second-order valence-corrected chi connectivity index (χ2v) is 6.03. The fourth-order valence-corrected chi connectivity index (χ4v) is 1.83. The molecule has 21 heavy (non-hydrogen) atoms. The number of carbonyl (C=O) groups excluding carboxylic acids is 2. The van der Waals surface area contributed by atoms with Crippen molar-refractivity contribution in [1.82, 2.24) is 10.6 Å². The van der Waals surface area contributed by atoms with Crippen molar-refractivity contribution in [2.45, 2.75) is 32.6 Å². The van der Waals surface area contributed by atoms with Crippen LogP contribution < -0.4 is 16.4 Å². The first-order valence-corrected chi connectivity index (χ1v) is 7.16. The first-order valence-electron chi connectivity index (χ1n) is 7.16. The Morgan fingerprint density at radius 2 is 1.67 bits per heavy atom. The van der Waals surface area contributed by atoms with E-state index in [1.807, 2.05) is 0 Å². The minimum Gasteiger partial charge on any atom is -0.354 e. The van der Waals surface area contributed by atoms with Gasteiger partial charge in [-0.15, -0.1) is 0 Å². The third kappa shape index (κ3) is 6.40. The van der Waals surface area contributed by atoms with Crippen molar-refractivity contribution in [2.75, 3.05) is 19.6 Å². The molecule has 0 saturated carbocycles. The minimum absolute atomic E-state index is 0.0288. The Bertz CT molecular complexity index is 475. The van der Waals surface area contributed by atoms with E-state index in [2.05, 4.69) is 55.7 Å². The molecule has 0 saturated heterocycles. The zero-order chi connectivity index (χ0) is 15.9. The van der Waals surface area contributed by atoms with Crippen molar-refractivity contribution in [3.05, 3.63) is 35.4 Å². The first-order chi connectivity index (χ1) is 9.82. The summed E-state index contributed by atoms with van der Waals surface area (Å²) >= 11 is 0. The number of hydrogen-bond donors (Lipinski definition) is 3. The highest BCUT2D eigenvalue weighted by Gasteiger charge is 2.12. The van der Waals surface area contributed by atoms with Gasteiger partial charge in [-0.25, -0.2) is 0 Å². The number of rotatable bonds is 6. The Morgan fingerprint density at radius 1 is 1.05 bits per heavy atom. The second-order valence-electron chi connectivity index (χ2n) is 6.03. The molecule has 0 radical (unpaired) electrons. The number of amides is 2. The molecule has 0 atom stereocenters. The van der Waals surface area contributed by atoms with Crippen molar-refractivity contribution >= 4 is 11.8 Å². The summed E-state index contributed by atoms with van der Waals surface area (Å²) in [5.41, 5.74) is 7.75. The lowest BCUT2D eigenvalue weighted by molar-refractivity contribution is -0.125. The van der Waals surface area contributed by atoms with E-state index in [1.54, 1.807) is 0 Å². The van der Waals surface area contributed by atoms with E-state index in [1.165, 1.54) is 11.1 Å². The maximum Gasteiger partial charge on any atom is 0.239 e. The zero-order valence-electron chi connectivity index (χ0n) is 13.0. The standard InChI is InChI=1S/C16H25N3O2/c1-16(2,3)13-6-4-12(5-7-13)8-9-18-15(21)11-19-14(20)10-17/h4-7H,8-11,17H2,1-3H3,(H,18,21)(H,19,20). The van der Waals surface area contributed by atoms with Gasteiger partial charge in [0, 0.05) is 6.54 Å². The summed E-state index contributed by atoms with van der Waals surface area (Å²) < 4.78 is 0. The molecule has 1 aromatic rings. The zero-order valence-corrected chi connectivity index (χ0v) is 13.0. The van der Waals surface area contributed by atoms with Crippen LogP contribution in [0.5, 0.6) is 0 Å². The monoisotopic (exact) mass is 291 g/mol. The fraction of sp³-hybridized carbons (Fsp3) is 0.500. The van der Waals surface area contributed by atoms with Gasteiger partial charge in [-0.1, -0.05) is 45.0 Å². The van der Waals surface area contributed by atoms with E-state index in [4.69, 9.17) is 5.73 Å². The second kappa shape index (κ2) is 7.78. The number of benzene rings is 1. The highest BCUT2D eigenvalue weighted by molar-refractivity contribution is 5.85. The minimum atomic E-state index is -0.331. The molecule has 4 N–H and O–H groups in total. The SMILES string of the molecule is CC(C)(C)c1ccc(CCNC(=O)CNC(=O)CN)cc1. The van der Waals surface area contributed by atoms with Gasteiger partial charge in [0.05, 0.1) is 13.1 Å². The van der Waals surface area contributed by atoms with Gasteiger partial charge in [0.15, 0.2) is 0 Å². The van der Waals surface area contributed by atoms with E-state index in [0.29, 0.717) is 6.54 Å². The van der Waals surface area contributed by atoms with Gasteiger partial charge in [-0.2, -0.15) is 0 Å². The van der Waals surface area contributed by atoms with E-state index in [0.717, 1.165) is 6.42 Å². The van der Waals surface area contributed by atoms with Crippen LogP contribution in [0.25, 0.3) is 0 Å². The van der Waals surface area contributed by atoms with Crippen LogP contribution in [0.4, 0.5) is 0 Å². The summed E-state index contributed by atoms with van der Waals surface area (Å²) in [6.07, 6.45) is 0.765. The van der Waals surface area contributed by atoms with Crippen molar-refractivity contribution in [1.29, 1.82) is 0 Å². The molecule has 0 heterocycles. The molecule has 0 aliphatic carbocycles. The number of carbonyl (C=O) groups is 2. The lowest BCUT2D eigenvalue weighted by Gasteiger charge is -2.19. The molecule has 0 spiro atoms. The van der Waals surface area contributed by atoms with Crippen LogP contribution in [-0.2, 0) is 21.4 Å². The fourth-order valence-electron chi connectivity index (χ4n) is 1.83. The number of hydrogen-bond acceptors (Lipinski definition) is 3. The Morgan fingerprint density at radius 3 is 2.19 bits per heavy atom. The topological polar surface area (TPSA) is 84.2 Å². The van der Waals surface area contributed by atoms with Crippen LogP contribution in [0, 0.1) is 0 Å². The Kier molecular flexibility index (Phi) is 6.37. The smallest absolute Gasteiger partial charge is 0.239 e. The number of nitrogens with two attached hydrogens (primary N) is 1. The molecule has 0 aromatic heterocycles. The predicted molar refractivity (Wildman–Crippen MR) is 83.9 cm³/mol.